The number of hydrogen-bond acceptors (Lipinski definition) is 5. The van der Waals surface area contributed by atoms with Gasteiger partial charge >= 0.3 is 4.87 Å². The van der Waals surface area contributed by atoms with Gasteiger partial charge in [0.1, 0.15) is 0 Å². The van der Waals surface area contributed by atoms with Crippen LogP contribution in [0.2, 0.25) is 5.02 Å². The molecule has 2 heterocycles. The summed E-state index contributed by atoms with van der Waals surface area (Å²) in [6.07, 6.45) is 3.46. The van der Waals surface area contributed by atoms with Gasteiger partial charge in [0.25, 0.3) is 0 Å². The molecule has 1 aromatic heterocycles. The Kier molecular flexibility index (Phi) is 6.99. The minimum absolute atomic E-state index is 0.0570. The average Bonchev–Trinajstić information content (AvgIpc) is 3.11. The van der Waals surface area contributed by atoms with Gasteiger partial charge in [-0.3, -0.25) is 14.2 Å². The van der Waals surface area contributed by atoms with E-state index in [9.17, 15) is 18.0 Å². The zero-order valence-electron chi connectivity index (χ0n) is 17.4. The number of rotatable bonds is 7. The molecule has 1 N–H and O–H groups in total. The third-order valence-corrected chi connectivity index (χ3v) is 8.18. The van der Waals surface area contributed by atoms with Crippen molar-refractivity contribution in [3.63, 3.8) is 0 Å². The quantitative estimate of drug-likeness (QED) is 0.544. The van der Waals surface area contributed by atoms with Gasteiger partial charge in [0.2, 0.25) is 15.9 Å². The molecule has 0 saturated carbocycles. The molecular weight excluding hydrogens is 470 g/mol. The fourth-order valence-electron chi connectivity index (χ4n) is 3.80. The number of piperidine rings is 1. The molecule has 1 fully saturated rings. The van der Waals surface area contributed by atoms with Crippen LogP contribution in [0.15, 0.2) is 52.2 Å². The summed E-state index contributed by atoms with van der Waals surface area (Å²) in [5.41, 5.74) is 1.43. The molecule has 7 nitrogen and oxygen atoms in total. The summed E-state index contributed by atoms with van der Waals surface area (Å²) in [5.74, 6) is 0.0570. The van der Waals surface area contributed by atoms with Crippen molar-refractivity contribution in [1.82, 2.24) is 14.2 Å². The van der Waals surface area contributed by atoms with E-state index in [1.807, 2.05) is 4.90 Å². The molecule has 0 bridgehead atoms. The van der Waals surface area contributed by atoms with Crippen LogP contribution in [0.4, 0.5) is 0 Å². The van der Waals surface area contributed by atoms with E-state index >= 15 is 0 Å². The number of carbonyl (C=O) groups excluding carboxylic acids is 1. The fourth-order valence-corrected chi connectivity index (χ4v) is 6.00. The predicted molar refractivity (Wildman–Crippen MR) is 127 cm³/mol. The van der Waals surface area contributed by atoms with Gasteiger partial charge in [-0.2, -0.15) is 0 Å². The first kappa shape index (κ1) is 23.0. The third kappa shape index (κ3) is 5.23. The lowest BCUT2D eigenvalue weighted by Gasteiger charge is -2.26. The highest BCUT2D eigenvalue weighted by Gasteiger charge is 2.19. The largest absolute Gasteiger partial charge is 0.343 e. The SMILES string of the molecule is O=C(CCn1c(=O)sc2cc(S(=O)(=O)NCc3ccc(Cl)cc3)ccc21)N1CCCCC1. The summed E-state index contributed by atoms with van der Waals surface area (Å²) >= 11 is 6.85. The summed E-state index contributed by atoms with van der Waals surface area (Å²) in [6, 6.07) is 11.5. The van der Waals surface area contributed by atoms with Crippen molar-refractivity contribution in [3.8, 4) is 0 Å². The number of aryl methyl sites for hydroxylation is 1. The predicted octanol–water partition coefficient (Wildman–Crippen LogP) is 3.60. The summed E-state index contributed by atoms with van der Waals surface area (Å²) in [7, 11) is -3.75. The van der Waals surface area contributed by atoms with Crippen LogP contribution in [0.5, 0.6) is 0 Å². The molecule has 2 aromatic carbocycles. The van der Waals surface area contributed by atoms with Crippen LogP contribution < -0.4 is 9.60 Å². The molecular formula is C22H24ClN3O4S2. The van der Waals surface area contributed by atoms with Gasteiger partial charge in [-0.05, 0) is 55.2 Å². The Morgan fingerprint density at radius 1 is 1.06 bits per heavy atom. The summed E-state index contributed by atoms with van der Waals surface area (Å²) < 4.78 is 30.2. The van der Waals surface area contributed by atoms with Crippen molar-refractivity contribution in [2.75, 3.05) is 13.1 Å². The van der Waals surface area contributed by atoms with Crippen LogP contribution in [0.1, 0.15) is 31.2 Å². The summed E-state index contributed by atoms with van der Waals surface area (Å²) in [6.45, 7) is 1.98. The Hall–Kier alpha value is -2.20. The van der Waals surface area contributed by atoms with Crippen LogP contribution in [-0.4, -0.2) is 36.9 Å². The first-order valence-corrected chi connectivity index (χ1v) is 13.2. The molecule has 1 aliphatic rings. The lowest BCUT2D eigenvalue weighted by atomic mass is 10.1. The zero-order chi connectivity index (χ0) is 22.7. The van der Waals surface area contributed by atoms with Crippen molar-refractivity contribution in [1.29, 1.82) is 0 Å². The van der Waals surface area contributed by atoms with Crippen molar-refractivity contribution in [3.05, 3.63) is 62.7 Å². The Bertz CT molecular complexity index is 1280. The maximum Gasteiger partial charge on any atom is 0.308 e. The van der Waals surface area contributed by atoms with E-state index in [2.05, 4.69) is 4.72 Å². The molecule has 4 rings (SSSR count). The molecule has 1 amide bonds. The van der Waals surface area contributed by atoms with Crippen LogP contribution >= 0.6 is 22.9 Å². The van der Waals surface area contributed by atoms with Gasteiger partial charge in [0.15, 0.2) is 0 Å². The molecule has 1 aliphatic heterocycles. The number of aromatic nitrogens is 1. The van der Waals surface area contributed by atoms with E-state index in [1.54, 1.807) is 34.9 Å². The van der Waals surface area contributed by atoms with Gasteiger partial charge in [-0.15, -0.1) is 0 Å². The lowest BCUT2D eigenvalue weighted by Crippen LogP contribution is -2.36. The van der Waals surface area contributed by atoms with Crippen LogP contribution in [0.3, 0.4) is 0 Å². The molecule has 10 heteroatoms. The number of benzene rings is 2. The number of likely N-dealkylation sites (tertiary alicyclic amines) is 1. The number of amides is 1. The molecule has 0 spiro atoms. The molecule has 170 valence electrons. The van der Waals surface area contributed by atoms with Gasteiger partial charge in [0, 0.05) is 37.6 Å². The number of hydrogen-bond donors (Lipinski definition) is 1. The second kappa shape index (κ2) is 9.74. The average molecular weight is 494 g/mol. The number of thiazole rings is 1. The molecule has 0 atom stereocenters. The smallest absolute Gasteiger partial charge is 0.308 e. The number of carbonyl (C=O) groups is 1. The standard InChI is InChI=1S/C22H24ClN3O4S2/c23-17-6-4-16(5-7-17)15-24-32(29,30)18-8-9-19-20(14-18)31-22(28)26(19)13-10-21(27)25-11-2-1-3-12-25/h4-9,14,24H,1-3,10-13,15H2. The maximum atomic E-state index is 12.7. The third-order valence-electron chi connectivity index (χ3n) is 5.59. The topological polar surface area (TPSA) is 88.5 Å². The molecule has 0 unspecified atom stereocenters. The first-order valence-electron chi connectivity index (χ1n) is 10.5. The molecule has 0 radical (unpaired) electrons. The molecule has 1 saturated heterocycles. The lowest BCUT2D eigenvalue weighted by molar-refractivity contribution is -0.132. The van der Waals surface area contributed by atoms with E-state index < -0.39 is 10.0 Å². The van der Waals surface area contributed by atoms with Gasteiger partial charge in [-0.1, -0.05) is 35.1 Å². The van der Waals surface area contributed by atoms with Crippen molar-refractivity contribution >= 4 is 49.1 Å². The fraction of sp³-hybridized carbons (Fsp3) is 0.364. The maximum absolute atomic E-state index is 12.7. The minimum Gasteiger partial charge on any atom is -0.343 e. The Morgan fingerprint density at radius 3 is 2.50 bits per heavy atom. The first-order chi connectivity index (χ1) is 15.3. The Labute approximate surface area is 195 Å². The summed E-state index contributed by atoms with van der Waals surface area (Å²) in [5, 5.41) is 0.583. The van der Waals surface area contributed by atoms with E-state index in [0.717, 1.165) is 49.3 Å². The highest BCUT2D eigenvalue weighted by molar-refractivity contribution is 7.89. The van der Waals surface area contributed by atoms with Crippen molar-refractivity contribution < 1.29 is 13.2 Å². The van der Waals surface area contributed by atoms with Gasteiger partial charge < -0.3 is 4.90 Å². The van der Waals surface area contributed by atoms with E-state index in [0.29, 0.717) is 15.2 Å². The Balaban J connectivity index is 1.47. The van der Waals surface area contributed by atoms with E-state index in [1.165, 1.54) is 12.1 Å². The van der Waals surface area contributed by atoms with E-state index in [4.69, 9.17) is 11.6 Å². The highest BCUT2D eigenvalue weighted by Crippen LogP contribution is 2.22. The number of fused-ring (bicyclic) bond motifs is 1. The number of halogens is 1. The normalized spacial score (nSPS) is 14.7. The molecule has 32 heavy (non-hydrogen) atoms. The van der Waals surface area contributed by atoms with Crippen LogP contribution in [0.25, 0.3) is 10.2 Å². The minimum atomic E-state index is -3.75. The van der Waals surface area contributed by atoms with Crippen LogP contribution in [0, 0.1) is 0 Å². The monoisotopic (exact) mass is 493 g/mol. The van der Waals surface area contributed by atoms with Crippen molar-refractivity contribution in [2.45, 2.75) is 43.7 Å². The molecule has 3 aromatic rings. The van der Waals surface area contributed by atoms with E-state index in [-0.39, 0.29) is 35.2 Å². The molecule has 0 aliphatic carbocycles. The zero-order valence-corrected chi connectivity index (χ0v) is 19.8. The highest BCUT2D eigenvalue weighted by atomic mass is 35.5. The number of nitrogens with one attached hydrogen (secondary N) is 1. The summed E-state index contributed by atoms with van der Waals surface area (Å²) in [4.78, 5) is 26.7. The Morgan fingerprint density at radius 2 is 1.78 bits per heavy atom. The number of nitrogens with zero attached hydrogens (tertiary/aromatic N) is 2. The van der Waals surface area contributed by atoms with Gasteiger partial charge in [0.05, 0.1) is 15.1 Å². The number of sulfonamides is 1. The van der Waals surface area contributed by atoms with Crippen molar-refractivity contribution in [2.24, 2.45) is 0 Å². The second-order valence-corrected chi connectivity index (χ2v) is 11.0. The second-order valence-electron chi connectivity index (χ2n) is 7.79. The van der Waals surface area contributed by atoms with Crippen LogP contribution in [-0.2, 0) is 27.9 Å². The van der Waals surface area contributed by atoms with Gasteiger partial charge in [-0.25, -0.2) is 13.1 Å².